The lowest BCUT2D eigenvalue weighted by Crippen LogP contribution is -2.25. The number of hydrogen-bond donors (Lipinski definition) is 1. The van der Waals surface area contributed by atoms with Gasteiger partial charge in [-0.15, -0.1) is 0 Å². The Balaban J connectivity index is 2.12. The quantitative estimate of drug-likeness (QED) is 0.612. The lowest BCUT2D eigenvalue weighted by molar-refractivity contribution is -0.140. The Bertz CT molecular complexity index is 470. The molecular weight excluding hydrogens is 282 g/mol. The lowest BCUT2D eigenvalue weighted by Gasteiger charge is -2.21. The van der Waals surface area contributed by atoms with Crippen LogP contribution in [0.1, 0.15) is 49.7 Å². The number of alkyl halides is 3. The largest absolute Gasteiger partial charge is 0.419 e. The van der Waals surface area contributed by atoms with Gasteiger partial charge in [-0.3, -0.25) is 0 Å². The van der Waals surface area contributed by atoms with Crippen molar-refractivity contribution in [2.24, 2.45) is 5.92 Å². The van der Waals surface area contributed by atoms with Gasteiger partial charge in [0, 0.05) is 0 Å². The summed E-state index contributed by atoms with van der Waals surface area (Å²) in [5.74, 6) is -0.619. The first kappa shape index (κ1) is 16.3. The van der Waals surface area contributed by atoms with Crippen LogP contribution in [0.3, 0.4) is 0 Å². The van der Waals surface area contributed by atoms with Gasteiger partial charge in [-0.25, -0.2) is 4.39 Å². The van der Waals surface area contributed by atoms with Crippen molar-refractivity contribution in [3.05, 3.63) is 35.1 Å². The van der Waals surface area contributed by atoms with E-state index in [9.17, 15) is 17.6 Å². The van der Waals surface area contributed by atoms with E-state index in [0.717, 1.165) is 50.9 Å². The fraction of sp³-hybridized carbons (Fsp3) is 0.625. The van der Waals surface area contributed by atoms with Crippen molar-refractivity contribution in [3.63, 3.8) is 0 Å². The normalized spacial score (nSPS) is 22.7. The van der Waals surface area contributed by atoms with Gasteiger partial charge in [0.2, 0.25) is 0 Å². The van der Waals surface area contributed by atoms with E-state index in [1.807, 2.05) is 0 Å². The van der Waals surface area contributed by atoms with E-state index in [1.165, 1.54) is 6.07 Å². The van der Waals surface area contributed by atoms with Gasteiger partial charge < -0.3 is 5.32 Å². The smallest absolute Gasteiger partial charge is 0.316 e. The van der Waals surface area contributed by atoms with Crippen molar-refractivity contribution >= 4 is 0 Å². The Kier molecular flexibility index (Phi) is 5.25. The topological polar surface area (TPSA) is 12.0 Å². The molecular formula is C16H21F4N. The average Bonchev–Trinajstić information content (AvgIpc) is 2.86. The summed E-state index contributed by atoms with van der Waals surface area (Å²) < 4.78 is 51.5. The van der Waals surface area contributed by atoms with Crippen LogP contribution < -0.4 is 5.32 Å². The highest BCUT2D eigenvalue weighted by molar-refractivity contribution is 5.30. The summed E-state index contributed by atoms with van der Waals surface area (Å²) >= 11 is 0. The third-order valence-electron chi connectivity index (χ3n) is 4.22. The van der Waals surface area contributed by atoms with Gasteiger partial charge in [0.05, 0.1) is 5.56 Å². The summed E-state index contributed by atoms with van der Waals surface area (Å²) in [6, 6.07) is 3.39. The molecule has 2 unspecified atom stereocenters. The van der Waals surface area contributed by atoms with Gasteiger partial charge >= 0.3 is 6.18 Å². The van der Waals surface area contributed by atoms with Crippen LogP contribution in [0.25, 0.3) is 0 Å². The fourth-order valence-corrected chi connectivity index (χ4v) is 3.18. The van der Waals surface area contributed by atoms with Crippen molar-refractivity contribution in [1.82, 2.24) is 5.32 Å². The summed E-state index contributed by atoms with van der Waals surface area (Å²) in [4.78, 5) is 0. The van der Waals surface area contributed by atoms with Gasteiger partial charge in [0.1, 0.15) is 5.82 Å². The predicted octanol–water partition coefficient (Wildman–Crippen LogP) is 4.73. The molecule has 0 amide bonds. The van der Waals surface area contributed by atoms with Crippen molar-refractivity contribution in [2.45, 2.75) is 44.7 Å². The molecule has 0 aliphatic heterocycles. The first-order valence-electron chi connectivity index (χ1n) is 7.50. The van der Waals surface area contributed by atoms with E-state index in [0.29, 0.717) is 11.5 Å². The molecule has 0 radical (unpaired) electrons. The Morgan fingerprint density at radius 1 is 1.24 bits per heavy atom. The maximum absolute atomic E-state index is 13.7. The van der Waals surface area contributed by atoms with Gasteiger partial charge in [-0.2, -0.15) is 13.2 Å². The zero-order valence-electron chi connectivity index (χ0n) is 12.1. The minimum atomic E-state index is -4.62. The van der Waals surface area contributed by atoms with E-state index in [4.69, 9.17) is 0 Å². The van der Waals surface area contributed by atoms with E-state index in [1.54, 1.807) is 0 Å². The first-order valence-corrected chi connectivity index (χ1v) is 7.50. The highest BCUT2D eigenvalue weighted by Gasteiger charge is 2.35. The minimum Gasteiger partial charge on any atom is -0.316 e. The van der Waals surface area contributed by atoms with Crippen LogP contribution in [-0.4, -0.2) is 13.1 Å². The second-order valence-corrected chi connectivity index (χ2v) is 5.74. The van der Waals surface area contributed by atoms with Crippen LogP contribution in [0.4, 0.5) is 17.6 Å². The summed E-state index contributed by atoms with van der Waals surface area (Å²) in [6.45, 7) is 3.87. The van der Waals surface area contributed by atoms with E-state index >= 15 is 0 Å². The molecule has 1 nitrogen and oxygen atoms in total. The van der Waals surface area contributed by atoms with E-state index in [2.05, 4.69) is 12.2 Å². The maximum Gasteiger partial charge on any atom is 0.419 e. The van der Waals surface area contributed by atoms with Gasteiger partial charge in [-0.1, -0.05) is 19.4 Å². The molecule has 5 heteroatoms. The SMILES string of the molecule is CCCNCC1CCCC1c1ccc(C(F)(F)F)c(F)c1. The Hall–Kier alpha value is -1.10. The maximum atomic E-state index is 13.7. The fourth-order valence-electron chi connectivity index (χ4n) is 3.18. The molecule has 0 bridgehead atoms. The average molecular weight is 303 g/mol. The van der Waals surface area contributed by atoms with Gasteiger partial charge in [0.25, 0.3) is 0 Å². The molecule has 0 aromatic heterocycles. The van der Waals surface area contributed by atoms with Crippen LogP contribution in [0.15, 0.2) is 18.2 Å². The zero-order chi connectivity index (χ0) is 15.5. The van der Waals surface area contributed by atoms with Crippen molar-refractivity contribution in [1.29, 1.82) is 0 Å². The van der Waals surface area contributed by atoms with Crippen LogP contribution >= 0.6 is 0 Å². The van der Waals surface area contributed by atoms with Crippen LogP contribution in [0.2, 0.25) is 0 Å². The zero-order valence-corrected chi connectivity index (χ0v) is 12.1. The minimum absolute atomic E-state index is 0.158. The molecule has 1 saturated carbocycles. The molecule has 1 N–H and O–H groups in total. The summed E-state index contributed by atoms with van der Waals surface area (Å²) in [5.41, 5.74) is -0.480. The number of benzene rings is 1. The van der Waals surface area contributed by atoms with Crippen LogP contribution in [-0.2, 0) is 6.18 Å². The third kappa shape index (κ3) is 3.96. The molecule has 1 fully saturated rings. The molecule has 1 aliphatic rings. The van der Waals surface area contributed by atoms with Crippen LogP contribution in [0.5, 0.6) is 0 Å². The van der Waals surface area contributed by atoms with Crippen molar-refractivity contribution in [2.75, 3.05) is 13.1 Å². The van der Waals surface area contributed by atoms with Crippen LogP contribution in [0, 0.1) is 11.7 Å². The second kappa shape index (κ2) is 6.77. The summed E-state index contributed by atoms with van der Waals surface area (Å²) in [7, 11) is 0. The Labute approximate surface area is 122 Å². The monoisotopic (exact) mass is 303 g/mol. The molecule has 0 heterocycles. The molecule has 1 aromatic rings. The number of rotatable bonds is 5. The first-order chi connectivity index (χ1) is 9.93. The molecule has 2 rings (SSSR count). The van der Waals surface area contributed by atoms with E-state index < -0.39 is 17.6 Å². The molecule has 1 aromatic carbocycles. The molecule has 2 atom stereocenters. The second-order valence-electron chi connectivity index (χ2n) is 5.74. The standard InChI is InChI=1S/C16H21F4N/c1-2-8-21-10-12-4-3-5-13(12)11-6-7-14(15(17)9-11)16(18,19)20/h6-7,9,12-13,21H,2-5,8,10H2,1H3. The highest BCUT2D eigenvalue weighted by Crippen LogP contribution is 2.41. The molecule has 118 valence electrons. The summed E-state index contributed by atoms with van der Waals surface area (Å²) in [5, 5.41) is 3.35. The molecule has 21 heavy (non-hydrogen) atoms. The predicted molar refractivity (Wildman–Crippen MR) is 74.6 cm³/mol. The molecule has 1 aliphatic carbocycles. The Morgan fingerprint density at radius 3 is 2.62 bits per heavy atom. The lowest BCUT2D eigenvalue weighted by atomic mass is 9.88. The van der Waals surface area contributed by atoms with Gasteiger partial charge in [-0.05, 0) is 61.9 Å². The molecule has 0 spiro atoms. The van der Waals surface area contributed by atoms with Gasteiger partial charge in [0.15, 0.2) is 0 Å². The van der Waals surface area contributed by atoms with E-state index in [-0.39, 0.29) is 5.92 Å². The number of nitrogens with one attached hydrogen (secondary N) is 1. The van der Waals surface area contributed by atoms with Crippen molar-refractivity contribution in [3.8, 4) is 0 Å². The summed E-state index contributed by atoms with van der Waals surface area (Å²) in [6.07, 6.45) is -0.564. The Morgan fingerprint density at radius 2 is 2.00 bits per heavy atom. The number of hydrogen-bond acceptors (Lipinski definition) is 1. The molecule has 0 saturated heterocycles. The van der Waals surface area contributed by atoms with Crippen molar-refractivity contribution < 1.29 is 17.6 Å². The highest BCUT2D eigenvalue weighted by atomic mass is 19.4. The third-order valence-corrected chi connectivity index (χ3v) is 4.22. The number of halogens is 4.